The van der Waals surface area contributed by atoms with E-state index in [1.54, 1.807) is 0 Å². The number of nitrogens with one attached hydrogen (secondary N) is 1. The highest BCUT2D eigenvalue weighted by atomic mass is 16.7. The fraction of sp³-hybridized carbons (Fsp3) is 0.962. The third kappa shape index (κ3) is 9.90. The van der Waals surface area contributed by atoms with Crippen LogP contribution in [0.4, 0.5) is 0 Å². The van der Waals surface area contributed by atoms with Gasteiger partial charge in [-0.05, 0) is 19.4 Å². The molecular formula is C26H48N2O17. The Morgan fingerprint density at radius 1 is 0.644 bits per heavy atom. The van der Waals surface area contributed by atoms with Crippen molar-refractivity contribution in [2.45, 2.75) is 118 Å². The Labute approximate surface area is 259 Å². The molecule has 1 amide bonds. The fourth-order valence-corrected chi connectivity index (χ4v) is 5.13. The van der Waals surface area contributed by atoms with E-state index in [0.717, 1.165) is 12.8 Å². The molecule has 19 nitrogen and oxygen atoms in total. The number of ether oxygens (including phenoxy) is 6. The molecule has 13 N–H and O–H groups in total. The van der Waals surface area contributed by atoms with Crippen LogP contribution in [0.5, 0.6) is 0 Å². The Morgan fingerprint density at radius 3 is 1.80 bits per heavy atom. The van der Waals surface area contributed by atoms with Crippen molar-refractivity contribution in [3.63, 3.8) is 0 Å². The molecule has 0 aromatic heterocycles. The van der Waals surface area contributed by atoms with Crippen molar-refractivity contribution in [1.82, 2.24) is 5.32 Å². The topological polar surface area (TPSA) is 313 Å². The van der Waals surface area contributed by atoms with Gasteiger partial charge in [0.15, 0.2) is 18.9 Å². The largest absolute Gasteiger partial charge is 0.394 e. The van der Waals surface area contributed by atoms with E-state index in [-0.39, 0.29) is 25.5 Å². The zero-order valence-corrected chi connectivity index (χ0v) is 24.6. The smallest absolute Gasteiger partial charge is 0.220 e. The number of rotatable bonds is 16. The number of hydrogen-bond acceptors (Lipinski definition) is 18. The van der Waals surface area contributed by atoms with Crippen LogP contribution in [-0.4, -0.2) is 189 Å². The van der Waals surface area contributed by atoms with Crippen LogP contribution in [0.15, 0.2) is 0 Å². The predicted molar refractivity (Wildman–Crippen MR) is 146 cm³/mol. The standard InChI is InChI=1S/C26H48N2O17/c27-5-3-1-2-4-14(31)28-6-7-40-25-22(39)23(45-26-21(38)19(36)16(33)12(9-30)43-26)17(34)13(44-25)10-41-24-20(37)18(35)15(32)11(8-29)42-24/h11-13,15-26,29-30,32-39H,1-10,27H2,(H,28,31)/t11-,12-,13-,15-,16-,17-,18+,19+,20+,21+,22+,23+,24+,25+,26?/m1/s1. The van der Waals surface area contributed by atoms with Crippen LogP contribution in [0, 0.1) is 0 Å². The van der Waals surface area contributed by atoms with Crippen molar-refractivity contribution >= 4 is 5.91 Å². The molecule has 19 heteroatoms. The van der Waals surface area contributed by atoms with Crippen molar-refractivity contribution in [1.29, 1.82) is 0 Å². The molecule has 3 aliphatic heterocycles. The van der Waals surface area contributed by atoms with Crippen molar-refractivity contribution in [2.24, 2.45) is 5.73 Å². The van der Waals surface area contributed by atoms with Gasteiger partial charge in [0.25, 0.3) is 0 Å². The molecule has 0 radical (unpaired) electrons. The first kappa shape index (κ1) is 38.2. The third-order valence-corrected chi connectivity index (χ3v) is 7.87. The van der Waals surface area contributed by atoms with Crippen LogP contribution in [0.3, 0.4) is 0 Å². The summed E-state index contributed by atoms with van der Waals surface area (Å²) in [5.41, 5.74) is 5.44. The summed E-state index contributed by atoms with van der Waals surface area (Å²) >= 11 is 0. The van der Waals surface area contributed by atoms with Crippen LogP contribution in [-0.2, 0) is 33.2 Å². The van der Waals surface area contributed by atoms with Crippen molar-refractivity contribution in [2.75, 3.05) is 39.5 Å². The Kier molecular flexibility index (Phi) is 15.6. The monoisotopic (exact) mass is 660 g/mol. The molecule has 3 saturated heterocycles. The Morgan fingerprint density at radius 2 is 1.20 bits per heavy atom. The summed E-state index contributed by atoms with van der Waals surface area (Å²) in [6.07, 6.45) is -22.1. The second kappa shape index (κ2) is 18.4. The third-order valence-electron chi connectivity index (χ3n) is 7.87. The summed E-state index contributed by atoms with van der Waals surface area (Å²) in [6, 6.07) is 0. The second-order valence-corrected chi connectivity index (χ2v) is 11.2. The Hall–Kier alpha value is -1.21. The number of hydrogen-bond donors (Lipinski definition) is 12. The van der Waals surface area contributed by atoms with Crippen LogP contribution < -0.4 is 11.1 Å². The van der Waals surface area contributed by atoms with Crippen LogP contribution >= 0.6 is 0 Å². The molecule has 0 aliphatic carbocycles. The van der Waals surface area contributed by atoms with E-state index >= 15 is 0 Å². The van der Waals surface area contributed by atoms with Gasteiger partial charge in [-0.25, -0.2) is 0 Å². The summed E-state index contributed by atoms with van der Waals surface area (Å²) in [5, 5.41) is 105. The number of carbonyl (C=O) groups excluding carboxylic acids is 1. The molecule has 15 atom stereocenters. The van der Waals surface area contributed by atoms with Crippen molar-refractivity contribution in [3.8, 4) is 0 Å². The molecule has 0 spiro atoms. The first-order valence-electron chi connectivity index (χ1n) is 14.9. The van der Waals surface area contributed by atoms with Gasteiger partial charge in [0.2, 0.25) is 5.91 Å². The number of nitrogens with two attached hydrogens (primary N) is 1. The lowest BCUT2D eigenvalue weighted by Crippen LogP contribution is -2.65. The molecule has 0 saturated carbocycles. The van der Waals surface area contributed by atoms with Crippen LogP contribution in [0.1, 0.15) is 25.7 Å². The molecule has 45 heavy (non-hydrogen) atoms. The molecular weight excluding hydrogens is 612 g/mol. The highest BCUT2D eigenvalue weighted by Gasteiger charge is 2.52. The first-order chi connectivity index (χ1) is 21.4. The second-order valence-electron chi connectivity index (χ2n) is 11.2. The maximum Gasteiger partial charge on any atom is 0.220 e. The normalized spacial score (nSPS) is 42.4. The molecule has 0 aromatic carbocycles. The van der Waals surface area contributed by atoms with Crippen molar-refractivity contribution in [3.05, 3.63) is 0 Å². The van der Waals surface area contributed by atoms with E-state index in [0.29, 0.717) is 13.0 Å². The molecule has 0 bridgehead atoms. The van der Waals surface area contributed by atoms with E-state index in [4.69, 9.17) is 34.2 Å². The highest BCUT2D eigenvalue weighted by molar-refractivity contribution is 5.75. The van der Waals surface area contributed by atoms with E-state index in [1.165, 1.54) is 0 Å². The molecule has 3 fully saturated rings. The van der Waals surface area contributed by atoms with Gasteiger partial charge >= 0.3 is 0 Å². The highest BCUT2D eigenvalue weighted by Crippen LogP contribution is 2.31. The lowest BCUT2D eigenvalue weighted by molar-refractivity contribution is -0.366. The average molecular weight is 661 g/mol. The van der Waals surface area contributed by atoms with Crippen molar-refractivity contribution < 1.29 is 84.3 Å². The van der Waals surface area contributed by atoms with E-state index < -0.39 is 112 Å². The van der Waals surface area contributed by atoms with E-state index in [1.807, 2.05) is 0 Å². The molecule has 3 aliphatic rings. The first-order valence-corrected chi connectivity index (χ1v) is 14.9. The maximum absolute atomic E-state index is 12.0. The van der Waals surface area contributed by atoms with Gasteiger partial charge in [-0.3, -0.25) is 4.79 Å². The minimum absolute atomic E-state index is 0.0229. The van der Waals surface area contributed by atoms with E-state index in [2.05, 4.69) is 5.32 Å². The quantitative estimate of drug-likeness (QED) is 0.0684. The maximum atomic E-state index is 12.0. The fourth-order valence-electron chi connectivity index (χ4n) is 5.13. The predicted octanol–water partition coefficient (Wildman–Crippen LogP) is -6.91. The zero-order valence-electron chi connectivity index (χ0n) is 24.6. The minimum Gasteiger partial charge on any atom is -0.394 e. The summed E-state index contributed by atoms with van der Waals surface area (Å²) in [4.78, 5) is 12.0. The Bertz CT molecular complexity index is 873. The van der Waals surface area contributed by atoms with E-state index in [9.17, 15) is 55.9 Å². The summed E-state index contributed by atoms with van der Waals surface area (Å²) in [6.45, 7) is -1.68. The lowest BCUT2D eigenvalue weighted by Gasteiger charge is -2.46. The SMILES string of the molecule is NCCCCCC(=O)NCCO[C@H]1O[C@H](CO[C@H]2O[C@H](CO)[C@@H](O)[C@H](O)[C@@H]2O)[C@@H](O)[C@H](OC2O[C@H](CO)[C@@H](O)[C@H](O)[C@@H]2O)[C@@H]1O. The average Bonchev–Trinajstić information content (AvgIpc) is 3.03. The minimum atomic E-state index is -1.87. The van der Waals surface area contributed by atoms with Crippen LogP contribution in [0.2, 0.25) is 0 Å². The van der Waals surface area contributed by atoms with Gasteiger partial charge in [-0.1, -0.05) is 6.42 Å². The molecule has 1 unspecified atom stereocenters. The van der Waals surface area contributed by atoms with Gasteiger partial charge in [-0.2, -0.15) is 0 Å². The number of amides is 1. The number of unbranched alkanes of at least 4 members (excludes halogenated alkanes) is 2. The van der Waals surface area contributed by atoms with Crippen LogP contribution in [0.25, 0.3) is 0 Å². The van der Waals surface area contributed by atoms with Gasteiger partial charge in [0.05, 0.1) is 26.4 Å². The lowest BCUT2D eigenvalue weighted by atomic mass is 9.96. The number of aliphatic hydroxyl groups excluding tert-OH is 10. The number of carbonyl (C=O) groups is 1. The summed E-state index contributed by atoms with van der Waals surface area (Å²) < 4.78 is 33.0. The molecule has 3 rings (SSSR count). The zero-order chi connectivity index (χ0) is 33.3. The molecule has 0 aromatic rings. The van der Waals surface area contributed by atoms with Gasteiger partial charge in [0, 0.05) is 13.0 Å². The summed E-state index contributed by atoms with van der Waals surface area (Å²) in [5.74, 6) is -0.231. The Balaban J connectivity index is 1.68. The number of aliphatic hydroxyl groups is 10. The van der Waals surface area contributed by atoms with Gasteiger partial charge < -0.3 is 90.5 Å². The molecule has 3 heterocycles. The summed E-state index contributed by atoms with van der Waals surface area (Å²) in [7, 11) is 0. The molecule has 264 valence electrons. The van der Waals surface area contributed by atoms with Gasteiger partial charge in [-0.15, -0.1) is 0 Å². The van der Waals surface area contributed by atoms with Gasteiger partial charge in [0.1, 0.15) is 73.2 Å².